The predicted molar refractivity (Wildman–Crippen MR) is 92.8 cm³/mol. The number of hydrogen-bond acceptors (Lipinski definition) is 4. The summed E-state index contributed by atoms with van der Waals surface area (Å²) in [5.74, 6) is 0. The van der Waals surface area contributed by atoms with Crippen molar-refractivity contribution in [2.24, 2.45) is 0 Å². The number of amides is 2. The molecule has 0 spiro atoms. The Morgan fingerprint density at radius 3 is 2.65 bits per heavy atom. The highest BCUT2D eigenvalue weighted by Gasteiger charge is 2.28. The van der Waals surface area contributed by atoms with Crippen LogP contribution in [0.3, 0.4) is 0 Å². The molecule has 6 heteroatoms. The highest BCUT2D eigenvalue weighted by molar-refractivity contribution is 7.10. The molecule has 3 atom stereocenters. The van der Waals surface area contributed by atoms with Crippen molar-refractivity contribution in [2.75, 3.05) is 32.7 Å². The lowest BCUT2D eigenvalue weighted by Crippen LogP contribution is -2.52. The monoisotopic (exact) mass is 337 g/mol. The molecule has 3 rings (SSSR count). The number of thiophene rings is 1. The van der Waals surface area contributed by atoms with E-state index < -0.39 is 0 Å². The molecule has 0 unspecified atom stereocenters. The Kier molecular flexibility index (Phi) is 5.56. The van der Waals surface area contributed by atoms with Crippen LogP contribution in [0.1, 0.15) is 37.6 Å². The fourth-order valence-corrected chi connectivity index (χ4v) is 4.44. The molecule has 1 aromatic rings. The molecule has 2 amide bonds. The first-order chi connectivity index (χ1) is 11.1. The van der Waals surface area contributed by atoms with E-state index in [4.69, 9.17) is 4.74 Å². The van der Waals surface area contributed by atoms with E-state index in [0.29, 0.717) is 25.7 Å². The summed E-state index contributed by atoms with van der Waals surface area (Å²) in [6, 6.07) is 4.61. The Morgan fingerprint density at radius 2 is 2.04 bits per heavy atom. The highest BCUT2D eigenvalue weighted by Crippen LogP contribution is 2.27. The first-order valence-corrected chi connectivity index (χ1v) is 9.47. The Labute approximate surface area is 142 Å². The second kappa shape index (κ2) is 7.64. The number of likely N-dealkylation sites (tertiary alicyclic amines) is 1. The number of nitrogens with zero attached hydrogens (tertiary/aromatic N) is 2. The van der Waals surface area contributed by atoms with Crippen molar-refractivity contribution in [1.82, 2.24) is 15.1 Å². The van der Waals surface area contributed by atoms with Crippen molar-refractivity contribution < 1.29 is 9.53 Å². The summed E-state index contributed by atoms with van der Waals surface area (Å²) < 4.78 is 5.70. The third-order valence-electron chi connectivity index (χ3n) is 4.61. The predicted octanol–water partition coefficient (Wildman–Crippen LogP) is 2.70. The summed E-state index contributed by atoms with van der Waals surface area (Å²) in [4.78, 5) is 18.2. The van der Waals surface area contributed by atoms with Gasteiger partial charge >= 0.3 is 6.03 Å². The van der Waals surface area contributed by atoms with Crippen LogP contribution in [-0.4, -0.2) is 60.8 Å². The minimum atomic E-state index is 0.0350. The van der Waals surface area contributed by atoms with Crippen molar-refractivity contribution in [2.45, 2.75) is 44.9 Å². The molecule has 0 radical (unpaired) electrons. The van der Waals surface area contributed by atoms with Gasteiger partial charge in [0.2, 0.25) is 0 Å². The van der Waals surface area contributed by atoms with Crippen molar-refractivity contribution in [3.05, 3.63) is 22.4 Å². The van der Waals surface area contributed by atoms with Gasteiger partial charge in [-0.1, -0.05) is 6.07 Å². The second-order valence-electron chi connectivity index (χ2n) is 6.62. The summed E-state index contributed by atoms with van der Waals surface area (Å²) >= 11 is 1.78. The lowest BCUT2D eigenvalue weighted by Gasteiger charge is -2.36. The minimum Gasteiger partial charge on any atom is -0.372 e. The van der Waals surface area contributed by atoms with Gasteiger partial charge in [0.15, 0.2) is 0 Å². The van der Waals surface area contributed by atoms with Gasteiger partial charge in [-0.15, -0.1) is 11.3 Å². The van der Waals surface area contributed by atoms with Crippen molar-refractivity contribution in [3.63, 3.8) is 0 Å². The maximum absolute atomic E-state index is 12.5. The topological polar surface area (TPSA) is 44.8 Å². The SMILES string of the molecule is C[C@@H]1CN(C(=O)NC[C@H](c2cccs2)N2CCCC2)C[C@H](C)O1. The molecule has 128 valence electrons. The van der Waals surface area contributed by atoms with Gasteiger partial charge in [0.25, 0.3) is 0 Å². The molecule has 2 aliphatic heterocycles. The van der Waals surface area contributed by atoms with Gasteiger partial charge in [0.05, 0.1) is 18.2 Å². The number of carbonyl (C=O) groups is 1. The van der Waals surface area contributed by atoms with E-state index in [1.165, 1.54) is 17.7 Å². The number of morpholine rings is 1. The van der Waals surface area contributed by atoms with E-state index in [1.807, 2.05) is 18.7 Å². The first-order valence-electron chi connectivity index (χ1n) is 8.59. The van der Waals surface area contributed by atoms with Crippen LogP contribution in [0.2, 0.25) is 0 Å². The van der Waals surface area contributed by atoms with Crippen LogP contribution in [0.5, 0.6) is 0 Å². The van der Waals surface area contributed by atoms with Gasteiger partial charge < -0.3 is 15.0 Å². The maximum atomic E-state index is 12.5. The fraction of sp³-hybridized carbons (Fsp3) is 0.706. The van der Waals surface area contributed by atoms with Crippen LogP contribution >= 0.6 is 11.3 Å². The molecule has 2 saturated heterocycles. The normalized spacial score (nSPS) is 27.1. The van der Waals surface area contributed by atoms with E-state index in [2.05, 4.69) is 27.7 Å². The van der Waals surface area contributed by atoms with Gasteiger partial charge in [-0.3, -0.25) is 4.90 Å². The van der Waals surface area contributed by atoms with Gasteiger partial charge in [-0.25, -0.2) is 4.79 Å². The molecule has 0 bridgehead atoms. The summed E-state index contributed by atoms with van der Waals surface area (Å²) in [6.07, 6.45) is 2.73. The van der Waals surface area contributed by atoms with Gasteiger partial charge in [-0.2, -0.15) is 0 Å². The zero-order valence-electron chi connectivity index (χ0n) is 14.0. The van der Waals surface area contributed by atoms with E-state index in [-0.39, 0.29) is 18.2 Å². The molecule has 1 aromatic heterocycles. The smallest absolute Gasteiger partial charge is 0.317 e. The van der Waals surface area contributed by atoms with E-state index in [1.54, 1.807) is 11.3 Å². The maximum Gasteiger partial charge on any atom is 0.317 e. The molecule has 1 N–H and O–H groups in total. The Morgan fingerprint density at radius 1 is 1.35 bits per heavy atom. The van der Waals surface area contributed by atoms with E-state index in [0.717, 1.165) is 13.1 Å². The lowest BCUT2D eigenvalue weighted by molar-refractivity contribution is -0.0546. The number of hydrogen-bond donors (Lipinski definition) is 1. The van der Waals surface area contributed by atoms with Gasteiger partial charge in [-0.05, 0) is 51.2 Å². The number of rotatable bonds is 4. The summed E-state index contributed by atoms with van der Waals surface area (Å²) in [5, 5.41) is 5.27. The third kappa shape index (κ3) is 4.25. The molecule has 0 saturated carbocycles. The second-order valence-corrected chi connectivity index (χ2v) is 7.60. The first kappa shape index (κ1) is 16.7. The molecule has 2 fully saturated rings. The van der Waals surface area contributed by atoms with Gasteiger partial charge in [0, 0.05) is 24.5 Å². The Balaban J connectivity index is 1.58. The van der Waals surface area contributed by atoms with Crippen LogP contribution in [0.4, 0.5) is 4.79 Å². The molecule has 0 aliphatic carbocycles. The summed E-state index contributed by atoms with van der Waals surface area (Å²) in [5.41, 5.74) is 0. The van der Waals surface area contributed by atoms with Gasteiger partial charge in [0.1, 0.15) is 0 Å². The lowest BCUT2D eigenvalue weighted by atomic mass is 10.2. The van der Waals surface area contributed by atoms with Crippen LogP contribution in [-0.2, 0) is 4.74 Å². The molecule has 5 nitrogen and oxygen atoms in total. The summed E-state index contributed by atoms with van der Waals surface area (Å²) in [6.45, 7) is 8.32. The average Bonchev–Trinajstić information content (AvgIpc) is 3.20. The fourth-order valence-electron chi connectivity index (χ4n) is 3.58. The van der Waals surface area contributed by atoms with Crippen LogP contribution in [0.15, 0.2) is 17.5 Å². The molecule has 3 heterocycles. The number of carbonyl (C=O) groups excluding carboxylic acids is 1. The Bertz CT molecular complexity index is 492. The molecular formula is C17H27N3O2S. The summed E-state index contributed by atoms with van der Waals surface area (Å²) in [7, 11) is 0. The third-order valence-corrected chi connectivity index (χ3v) is 5.58. The number of ether oxygens (including phenoxy) is 1. The minimum absolute atomic E-state index is 0.0350. The van der Waals surface area contributed by atoms with E-state index >= 15 is 0 Å². The van der Waals surface area contributed by atoms with Crippen molar-refractivity contribution in [3.8, 4) is 0 Å². The highest BCUT2D eigenvalue weighted by atomic mass is 32.1. The largest absolute Gasteiger partial charge is 0.372 e. The van der Waals surface area contributed by atoms with Crippen LogP contribution in [0, 0.1) is 0 Å². The zero-order valence-corrected chi connectivity index (χ0v) is 14.8. The quantitative estimate of drug-likeness (QED) is 0.919. The molecule has 2 aliphatic rings. The molecule has 0 aromatic carbocycles. The van der Waals surface area contributed by atoms with E-state index in [9.17, 15) is 4.79 Å². The zero-order chi connectivity index (χ0) is 16.2. The van der Waals surface area contributed by atoms with Crippen molar-refractivity contribution in [1.29, 1.82) is 0 Å². The van der Waals surface area contributed by atoms with Crippen LogP contribution in [0.25, 0.3) is 0 Å². The standard InChI is InChI=1S/C17H27N3O2S/c1-13-11-20(12-14(2)22-13)17(21)18-10-15(16-6-5-9-23-16)19-7-3-4-8-19/h5-6,9,13-15H,3-4,7-8,10-12H2,1-2H3,(H,18,21)/t13-,14+,15-/m1/s1. The van der Waals surface area contributed by atoms with Crippen molar-refractivity contribution >= 4 is 17.4 Å². The molecule has 23 heavy (non-hydrogen) atoms. The molecular weight excluding hydrogens is 310 g/mol. The van der Waals surface area contributed by atoms with Crippen LogP contribution < -0.4 is 5.32 Å². The Hall–Kier alpha value is -1.11. The number of nitrogens with one attached hydrogen (secondary N) is 1. The average molecular weight is 337 g/mol. The number of urea groups is 1.